The molecule has 2 rings (SSSR count). The van der Waals surface area contributed by atoms with Gasteiger partial charge in [-0.25, -0.2) is 4.79 Å². The van der Waals surface area contributed by atoms with Crippen LogP contribution in [0, 0.1) is 0 Å². The number of rotatable bonds is 3. The van der Waals surface area contributed by atoms with Gasteiger partial charge in [0.15, 0.2) is 0 Å². The Morgan fingerprint density at radius 1 is 1.42 bits per heavy atom. The lowest BCUT2D eigenvalue weighted by Gasteiger charge is -2.35. The summed E-state index contributed by atoms with van der Waals surface area (Å²) in [4.78, 5) is 13.1. The molecule has 0 fully saturated rings. The van der Waals surface area contributed by atoms with Gasteiger partial charge in [0.1, 0.15) is 0 Å². The Morgan fingerprint density at radius 2 is 2.16 bits per heavy atom. The number of carboxylic acids is 1. The molecule has 1 heterocycles. The summed E-state index contributed by atoms with van der Waals surface area (Å²) in [5.74, 6) is -0.890. The van der Waals surface area contributed by atoms with E-state index >= 15 is 0 Å². The Labute approximate surface area is 114 Å². The number of anilines is 1. The predicted molar refractivity (Wildman–Crippen MR) is 78.5 cm³/mol. The van der Waals surface area contributed by atoms with Gasteiger partial charge in [-0.3, -0.25) is 0 Å². The first-order chi connectivity index (χ1) is 8.99. The Kier molecular flexibility index (Phi) is 3.93. The van der Waals surface area contributed by atoms with Gasteiger partial charge < -0.3 is 10.0 Å². The number of nitrogens with zero attached hydrogens (tertiary/aromatic N) is 1. The summed E-state index contributed by atoms with van der Waals surface area (Å²) in [7, 11) is 0. The lowest BCUT2D eigenvalue weighted by molar-refractivity contribution is -0.131. The van der Waals surface area contributed by atoms with E-state index in [4.69, 9.17) is 5.11 Å². The maximum atomic E-state index is 10.7. The van der Waals surface area contributed by atoms with Crippen LogP contribution in [0.5, 0.6) is 0 Å². The molecule has 0 saturated carbocycles. The molecule has 0 aromatic heterocycles. The molecule has 0 radical (unpaired) electrons. The van der Waals surface area contributed by atoms with Gasteiger partial charge in [0.05, 0.1) is 0 Å². The minimum absolute atomic E-state index is 0.501. The van der Waals surface area contributed by atoms with Crippen LogP contribution in [0.1, 0.15) is 38.3 Å². The Balaban J connectivity index is 2.37. The molecule has 0 aliphatic carbocycles. The van der Waals surface area contributed by atoms with E-state index in [1.807, 2.05) is 13.0 Å². The molecule has 3 nitrogen and oxygen atoms in total. The maximum Gasteiger partial charge on any atom is 0.328 e. The fourth-order valence-electron chi connectivity index (χ4n) is 2.68. The zero-order valence-corrected chi connectivity index (χ0v) is 11.8. The number of hydrogen-bond donors (Lipinski definition) is 1. The molecule has 0 atom stereocenters. The minimum atomic E-state index is -0.890. The number of aryl methyl sites for hydroxylation is 1. The summed E-state index contributed by atoms with van der Waals surface area (Å²) in [5.41, 5.74) is 4.44. The maximum absolute atomic E-state index is 10.7. The summed E-state index contributed by atoms with van der Waals surface area (Å²) in [6.45, 7) is 7.37. The van der Waals surface area contributed by atoms with E-state index in [0.717, 1.165) is 30.5 Å². The van der Waals surface area contributed by atoms with Crippen molar-refractivity contribution in [3.05, 3.63) is 35.4 Å². The number of carbonyl (C=O) groups is 1. The van der Waals surface area contributed by atoms with E-state index < -0.39 is 5.97 Å². The third-order valence-electron chi connectivity index (χ3n) is 3.65. The first-order valence-corrected chi connectivity index (χ1v) is 6.80. The molecule has 0 spiro atoms. The highest BCUT2D eigenvalue weighted by Crippen LogP contribution is 2.31. The summed E-state index contributed by atoms with van der Waals surface area (Å²) in [6.07, 6.45) is 3.51. The van der Waals surface area contributed by atoms with Crippen molar-refractivity contribution in [3.63, 3.8) is 0 Å². The minimum Gasteiger partial charge on any atom is -0.478 e. The molecule has 1 aliphatic heterocycles. The largest absolute Gasteiger partial charge is 0.478 e. The van der Waals surface area contributed by atoms with Crippen LogP contribution < -0.4 is 4.90 Å². The lowest BCUT2D eigenvalue weighted by Crippen LogP contribution is -2.35. The number of hydrogen-bond acceptors (Lipinski definition) is 2. The SMILES string of the molecule is CC(=CC(=O)O)c1ccc2c(c1)CCCN2C(C)C. The molecule has 0 unspecified atom stereocenters. The highest BCUT2D eigenvalue weighted by atomic mass is 16.4. The van der Waals surface area contributed by atoms with Crippen LogP contribution in [0.25, 0.3) is 5.57 Å². The van der Waals surface area contributed by atoms with E-state index in [2.05, 4.69) is 30.9 Å². The molecule has 3 heteroatoms. The molecule has 102 valence electrons. The van der Waals surface area contributed by atoms with Crippen molar-refractivity contribution < 1.29 is 9.90 Å². The van der Waals surface area contributed by atoms with E-state index in [9.17, 15) is 4.79 Å². The van der Waals surface area contributed by atoms with Gasteiger partial charge in [0, 0.05) is 24.4 Å². The second-order valence-corrected chi connectivity index (χ2v) is 5.40. The summed E-state index contributed by atoms with van der Waals surface area (Å²) in [5, 5.41) is 8.81. The Bertz CT molecular complexity index is 517. The summed E-state index contributed by atoms with van der Waals surface area (Å²) in [6, 6.07) is 6.79. The second kappa shape index (κ2) is 5.47. The highest BCUT2D eigenvalue weighted by Gasteiger charge is 2.19. The molecule has 0 bridgehead atoms. The van der Waals surface area contributed by atoms with Crippen molar-refractivity contribution in [2.45, 2.75) is 39.7 Å². The first kappa shape index (κ1) is 13.7. The first-order valence-electron chi connectivity index (χ1n) is 6.80. The predicted octanol–water partition coefficient (Wildman–Crippen LogP) is 3.34. The van der Waals surface area contributed by atoms with Gasteiger partial charge in [-0.2, -0.15) is 0 Å². The zero-order valence-electron chi connectivity index (χ0n) is 11.8. The van der Waals surface area contributed by atoms with Gasteiger partial charge >= 0.3 is 5.97 Å². The number of allylic oxidation sites excluding steroid dienone is 1. The van der Waals surface area contributed by atoms with Crippen molar-refractivity contribution in [2.24, 2.45) is 0 Å². The van der Waals surface area contributed by atoms with Crippen LogP contribution in [0.3, 0.4) is 0 Å². The molecule has 1 aromatic carbocycles. The molecule has 1 aliphatic rings. The van der Waals surface area contributed by atoms with Crippen molar-refractivity contribution in [1.29, 1.82) is 0 Å². The molecule has 19 heavy (non-hydrogen) atoms. The molecular weight excluding hydrogens is 238 g/mol. The lowest BCUT2D eigenvalue weighted by atomic mass is 9.95. The summed E-state index contributed by atoms with van der Waals surface area (Å²) < 4.78 is 0. The molecule has 1 N–H and O–H groups in total. The highest BCUT2D eigenvalue weighted by molar-refractivity contribution is 5.89. The van der Waals surface area contributed by atoms with Gasteiger partial charge in [0.25, 0.3) is 0 Å². The number of fused-ring (bicyclic) bond motifs is 1. The van der Waals surface area contributed by atoms with Crippen LogP contribution in [-0.4, -0.2) is 23.7 Å². The molecule has 0 saturated heterocycles. The zero-order chi connectivity index (χ0) is 14.0. The fourth-order valence-corrected chi connectivity index (χ4v) is 2.68. The normalized spacial score (nSPS) is 15.6. The van der Waals surface area contributed by atoms with Crippen molar-refractivity contribution in [1.82, 2.24) is 0 Å². The monoisotopic (exact) mass is 259 g/mol. The van der Waals surface area contributed by atoms with E-state index in [0.29, 0.717) is 6.04 Å². The van der Waals surface area contributed by atoms with Crippen molar-refractivity contribution in [3.8, 4) is 0 Å². The van der Waals surface area contributed by atoms with Gasteiger partial charge in [0.2, 0.25) is 0 Å². The average Bonchev–Trinajstić information content (AvgIpc) is 2.36. The third kappa shape index (κ3) is 2.98. The van der Waals surface area contributed by atoms with Gasteiger partial charge in [-0.15, -0.1) is 0 Å². The van der Waals surface area contributed by atoms with Crippen LogP contribution in [0.4, 0.5) is 5.69 Å². The quantitative estimate of drug-likeness (QED) is 0.846. The van der Waals surface area contributed by atoms with Crippen LogP contribution in [0.2, 0.25) is 0 Å². The molecular formula is C16H21NO2. The second-order valence-electron chi connectivity index (χ2n) is 5.40. The third-order valence-corrected chi connectivity index (χ3v) is 3.65. The fraction of sp³-hybridized carbons (Fsp3) is 0.438. The summed E-state index contributed by atoms with van der Waals surface area (Å²) >= 11 is 0. The smallest absolute Gasteiger partial charge is 0.328 e. The van der Waals surface area contributed by atoms with Crippen LogP contribution in [-0.2, 0) is 11.2 Å². The Morgan fingerprint density at radius 3 is 2.79 bits per heavy atom. The number of benzene rings is 1. The standard InChI is InChI=1S/C16H21NO2/c1-11(2)17-8-4-5-14-10-13(6-7-15(14)17)12(3)9-16(18)19/h6-7,9-11H,4-5,8H2,1-3H3,(H,18,19). The van der Waals surface area contributed by atoms with Crippen LogP contribution >= 0.6 is 0 Å². The molecule has 1 aromatic rings. The van der Waals surface area contributed by atoms with Crippen LogP contribution in [0.15, 0.2) is 24.3 Å². The van der Waals surface area contributed by atoms with E-state index in [-0.39, 0.29) is 0 Å². The van der Waals surface area contributed by atoms with E-state index in [1.54, 1.807) is 0 Å². The number of aliphatic carboxylic acids is 1. The van der Waals surface area contributed by atoms with Gasteiger partial charge in [-0.1, -0.05) is 6.07 Å². The van der Waals surface area contributed by atoms with Crippen molar-refractivity contribution in [2.75, 3.05) is 11.4 Å². The number of carboxylic acid groups (broad SMARTS) is 1. The average molecular weight is 259 g/mol. The van der Waals surface area contributed by atoms with Crippen molar-refractivity contribution >= 4 is 17.2 Å². The topological polar surface area (TPSA) is 40.5 Å². The molecule has 0 amide bonds. The Hall–Kier alpha value is -1.77. The van der Waals surface area contributed by atoms with E-state index in [1.165, 1.54) is 17.3 Å². The van der Waals surface area contributed by atoms with Gasteiger partial charge in [-0.05, 0) is 62.4 Å².